The molecule has 2 aliphatic rings. The number of hydrogen-bond donors (Lipinski definition) is 2. The molecular formula is C20H23F2N3O2. The Morgan fingerprint density at radius 2 is 1.96 bits per heavy atom. The van der Waals surface area contributed by atoms with Crippen LogP contribution in [0.5, 0.6) is 0 Å². The highest BCUT2D eigenvalue weighted by Gasteiger charge is 2.38. The first kappa shape index (κ1) is 18.0. The average molecular weight is 375 g/mol. The number of amides is 2. The summed E-state index contributed by atoms with van der Waals surface area (Å²) >= 11 is 0. The Morgan fingerprint density at radius 1 is 1.19 bits per heavy atom. The minimum atomic E-state index is -0.782. The fraction of sp³-hybridized carbons (Fsp3) is 0.450. The Balaban J connectivity index is 1.36. The summed E-state index contributed by atoms with van der Waals surface area (Å²) in [6.07, 6.45) is 6.81. The number of nitrogens with one attached hydrogen (secondary N) is 2. The van der Waals surface area contributed by atoms with Crippen molar-refractivity contribution in [1.82, 2.24) is 10.2 Å². The number of carbonyl (C=O) groups is 1. The van der Waals surface area contributed by atoms with Crippen molar-refractivity contribution in [2.75, 3.05) is 5.32 Å². The zero-order chi connectivity index (χ0) is 18.8. The van der Waals surface area contributed by atoms with Crippen LogP contribution in [-0.2, 0) is 6.54 Å². The van der Waals surface area contributed by atoms with E-state index >= 15 is 0 Å². The van der Waals surface area contributed by atoms with E-state index in [0.717, 1.165) is 50.1 Å². The van der Waals surface area contributed by atoms with Gasteiger partial charge in [0.15, 0.2) is 0 Å². The molecule has 4 rings (SSSR count). The first-order chi connectivity index (χ1) is 13.1. The van der Waals surface area contributed by atoms with Crippen LogP contribution in [0.2, 0.25) is 0 Å². The van der Waals surface area contributed by atoms with Gasteiger partial charge in [0.25, 0.3) is 0 Å². The van der Waals surface area contributed by atoms with Crippen LogP contribution < -0.4 is 10.6 Å². The van der Waals surface area contributed by atoms with Crippen LogP contribution in [0.4, 0.5) is 19.3 Å². The van der Waals surface area contributed by atoms with Gasteiger partial charge in [-0.3, -0.25) is 4.90 Å². The van der Waals surface area contributed by atoms with E-state index in [2.05, 4.69) is 15.5 Å². The number of fused-ring (bicyclic) bond motifs is 2. The lowest BCUT2D eigenvalue weighted by atomic mass is 9.81. The van der Waals surface area contributed by atoms with Crippen LogP contribution in [0.15, 0.2) is 41.0 Å². The first-order valence-corrected chi connectivity index (χ1v) is 9.39. The van der Waals surface area contributed by atoms with E-state index in [1.165, 1.54) is 12.5 Å². The molecule has 2 amide bonds. The van der Waals surface area contributed by atoms with E-state index in [4.69, 9.17) is 4.42 Å². The molecule has 2 fully saturated rings. The fourth-order valence-electron chi connectivity index (χ4n) is 4.37. The molecule has 1 aromatic heterocycles. The van der Waals surface area contributed by atoms with Crippen molar-refractivity contribution in [3.63, 3.8) is 0 Å². The molecule has 0 saturated carbocycles. The van der Waals surface area contributed by atoms with Crippen molar-refractivity contribution in [3.05, 3.63) is 54.0 Å². The normalized spacial score (nSPS) is 25.2. The van der Waals surface area contributed by atoms with Crippen LogP contribution in [0.1, 0.15) is 37.9 Å². The van der Waals surface area contributed by atoms with Crippen LogP contribution in [0.3, 0.4) is 0 Å². The maximum absolute atomic E-state index is 13.7. The van der Waals surface area contributed by atoms with Crippen LogP contribution in [0.25, 0.3) is 0 Å². The number of piperidine rings is 2. The standard InChI is InChI=1S/C20H23F2N3O2/c21-13-6-7-19(18(22)9-13)24-20(26)23-14-10-15-3-1-4-16(11-14)25(15)12-17-5-2-8-27-17/h2,5-9,14-16H,1,3-4,10-12H2,(H2,23,24,26). The smallest absolute Gasteiger partial charge is 0.319 e. The van der Waals surface area contributed by atoms with E-state index < -0.39 is 17.7 Å². The SMILES string of the molecule is O=C(Nc1ccc(F)cc1F)NC1CC2CCCC(C1)N2Cc1ccco1. The number of benzene rings is 1. The van der Waals surface area contributed by atoms with Gasteiger partial charge in [-0.2, -0.15) is 0 Å². The zero-order valence-corrected chi connectivity index (χ0v) is 15.0. The molecule has 1 aromatic carbocycles. The number of rotatable bonds is 4. The Kier molecular flexibility index (Phi) is 5.11. The molecule has 0 radical (unpaired) electrons. The van der Waals surface area contributed by atoms with Gasteiger partial charge in [-0.15, -0.1) is 0 Å². The third kappa shape index (κ3) is 4.13. The molecule has 2 aromatic rings. The second-order valence-electron chi connectivity index (χ2n) is 7.38. The second kappa shape index (κ2) is 7.68. The average Bonchev–Trinajstić information content (AvgIpc) is 3.11. The molecule has 0 aliphatic carbocycles. The van der Waals surface area contributed by atoms with Gasteiger partial charge in [0, 0.05) is 24.2 Å². The van der Waals surface area contributed by atoms with Gasteiger partial charge < -0.3 is 15.1 Å². The topological polar surface area (TPSA) is 57.5 Å². The minimum Gasteiger partial charge on any atom is -0.468 e. The molecule has 0 spiro atoms. The Labute approximate surface area is 156 Å². The highest BCUT2D eigenvalue weighted by molar-refractivity contribution is 5.89. The van der Waals surface area contributed by atoms with Gasteiger partial charge >= 0.3 is 6.03 Å². The number of furan rings is 1. The summed E-state index contributed by atoms with van der Waals surface area (Å²) in [5.74, 6) is -0.492. The van der Waals surface area contributed by atoms with Gasteiger partial charge in [0.1, 0.15) is 17.4 Å². The molecule has 2 aliphatic heterocycles. The van der Waals surface area contributed by atoms with E-state index in [1.54, 1.807) is 6.26 Å². The van der Waals surface area contributed by atoms with Crippen molar-refractivity contribution in [2.45, 2.75) is 56.8 Å². The third-order valence-corrected chi connectivity index (χ3v) is 5.56. The maximum atomic E-state index is 13.7. The number of anilines is 1. The van der Waals surface area contributed by atoms with Crippen molar-refractivity contribution < 1.29 is 18.0 Å². The zero-order valence-electron chi connectivity index (χ0n) is 15.0. The molecule has 2 atom stereocenters. The third-order valence-electron chi connectivity index (χ3n) is 5.56. The van der Waals surface area contributed by atoms with E-state index in [0.29, 0.717) is 12.1 Å². The van der Waals surface area contributed by atoms with Gasteiger partial charge in [-0.25, -0.2) is 13.6 Å². The van der Waals surface area contributed by atoms with E-state index in [-0.39, 0.29) is 11.7 Å². The number of urea groups is 1. The van der Waals surface area contributed by atoms with E-state index in [9.17, 15) is 13.6 Å². The number of carbonyl (C=O) groups excluding carboxylic acids is 1. The lowest BCUT2D eigenvalue weighted by molar-refractivity contribution is 0.0150. The van der Waals surface area contributed by atoms with Crippen LogP contribution in [0, 0.1) is 11.6 Å². The van der Waals surface area contributed by atoms with Gasteiger partial charge in [-0.1, -0.05) is 6.42 Å². The monoisotopic (exact) mass is 375 g/mol. The molecule has 5 nitrogen and oxygen atoms in total. The Bertz CT molecular complexity index is 783. The van der Waals surface area contributed by atoms with Crippen molar-refractivity contribution in [1.29, 1.82) is 0 Å². The van der Waals surface area contributed by atoms with Crippen molar-refractivity contribution in [2.24, 2.45) is 0 Å². The largest absolute Gasteiger partial charge is 0.468 e. The Morgan fingerprint density at radius 3 is 2.63 bits per heavy atom. The predicted octanol–water partition coefficient (Wildman–Crippen LogP) is 4.27. The summed E-state index contributed by atoms with van der Waals surface area (Å²) in [5.41, 5.74) is -0.0238. The van der Waals surface area contributed by atoms with Crippen molar-refractivity contribution in [3.8, 4) is 0 Å². The lowest BCUT2D eigenvalue weighted by Gasteiger charge is -2.48. The molecule has 144 valence electrons. The highest BCUT2D eigenvalue weighted by atomic mass is 19.1. The van der Waals surface area contributed by atoms with E-state index in [1.807, 2.05) is 12.1 Å². The molecule has 3 heterocycles. The van der Waals surface area contributed by atoms with Crippen LogP contribution in [-0.4, -0.2) is 29.1 Å². The summed E-state index contributed by atoms with van der Waals surface area (Å²) < 4.78 is 32.2. The maximum Gasteiger partial charge on any atom is 0.319 e. The molecule has 2 N–H and O–H groups in total. The second-order valence-corrected chi connectivity index (χ2v) is 7.38. The van der Waals surface area contributed by atoms with Crippen molar-refractivity contribution >= 4 is 11.7 Å². The predicted molar refractivity (Wildman–Crippen MR) is 97.2 cm³/mol. The fourth-order valence-corrected chi connectivity index (χ4v) is 4.37. The summed E-state index contributed by atoms with van der Waals surface area (Å²) in [4.78, 5) is 14.7. The molecule has 27 heavy (non-hydrogen) atoms. The molecule has 2 unspecified atom stereocenters. The Hall–Kier alpha value is -2.41. The van der Waals surface area contributed by atoms with Gasteiger partial charge in [-0.05, 0) is 49.9 Å². The molecule has 7 heteroatoms. The quantitative estimate of drug-likeness (QED) is 0.839. The first-order valence-electron chi connectivity index (χ1n) is 9.39. The summed E-state index contributed by atoms with van der Waals surface area (Å²) in [6.45, 7) is 0.794. The molecule has 2 saturated heterocycles. The summed E-state index contributed by atoms with van der Waals surface area (Å²) in [5, 5.41) is 5.43. The summed E-state index contributed by atoms with van der Waals surface area (Å²) in [7, 11) is 0. The van der Waals surface area contributed by atoms with Gasteiger partial charge in [0.05, 0.1) is 18.5 Å². The number of halogens is 2. The summed E-state index contributed by atoms with van der Waals surface area (Å²) in [6, 6.07) is 7.38. The van der Waals surface area contributed by atoms with Crippen LogP contribution >= 0.6 is 0 Å². The number of nitrogens with zero attached hydrogens (tertiary/aromatic N) is 1. The number of hydrogen-bond acceptors (Lipinski definition) is 3. The lowest BCUT2D eigenvalue weighted by Crippen LogP contribution is -2.56. The van der Waals surface area contributed by atoms with Gasteiger partial charge in [0.2, 0.25) is 0 Å². The highest BCUT2D eigenvalue weighted by Crippen LogP contribution is 2.35. The molecule has 2 bridgehead atoms. The minimum absolute atomic E-state index is 0.0238. The molecular weight excluding hydrogens is 352 g/mol.